The molecule has 3 aromatic carbocycles. The highest BCUT2D eigenvalue weighted by molar-refractivity contribution is 7.92. The molecule has 0 aromatic heterocycles. The third-order valence-corrected chi connectivity index (χ3v) is 5.11. The molecular weight excluding hydrogens is 366 g/mol. The summed E-state index contributed by atoms with van der Waals surface area (Å²) in [5.74, 6) is 0.173. The van der Waals surface area contributed by atoms with Crippen LogP contribution in [0.5, 0.6) is 11.5 Å². The predicted octanol–water partition coefficient (Wildman–Crippen LogP) is 4.07. The van der Waals surface area contributed by atoms with Gasteiger partial charge in [-0.05, 0) is 36.4 Å². The number of carbonyl (C=O) groups is 1. The van der Waals surface area contributed by atoms with E-state index in [9.17, 15) is 13.2 Å². The SMILES string of the molecule is COC(=O)c1ccccc1S(=O)(=O)Nc1ccccc1Oc1ccccc1. The van der Waals surface area contributed by atoms with Crippen LogP contribution in [0.15, 0.2) is 83.8 Å². The van der Waals surface area contributed by atoms with Crippen LogP contribution in [-0.4, -0.2) is 21.5 Å². The summed E-state index contributed by atoms with van der Waals surface area (Å²) in [5, 5.41) is 0. The molecule has 0 unspecified atom stereocenters. The third-order valence-electron chi connectivity index (χ3n) is 3.68. The van der Waals surface area contributed by atoms with E-state index in [2.05, 4.69) is 9.46 Å². The van der Waals surface area contributed by atoms with Crippen LogP contribution in [0.3, 0.4) is 0 Å². The molecule has 0 aliphatic rings. The summed E-state index contributed by atoms with van der Waals surface area (Å²) in [6.45, 7) is 0. The van der Waals surface area contributed by atoms with Gasteiger partial charge in [-0.25, -0.2) is 13.2 Å². The van der Waals surface area contributed by atoms with Crippen molar-refractivity contribution in [3.8, 4) is 11.5 Å². The van der Waals surface area contributed by atoms with Gasteiger partial charge in [0.15, 0.2) is 5.75 Å². The topological polar surface area (TPSA) is 81.7 Å². The highest BCUT2D eigenvalue weighted by Crippen LogP contribution is 2.31. The van der Waals surface area contributed by atoms with Crippen LogP contribution in [0.4, 0.5) is 5.69 Å². The summed E-state index contributed by atoms with van der Waals surface area (Å²) >= 11 is 0. The van der Waals surface area contributed by atoms with Crippen LogP contribution in [0.1, 0.15) is 10.4 Å². The van der Waals surface area contributed by atoms with Crippen molar-refractivity contribution in [3.63, 3.8) is 0 Å². The van der Waals surface area contributed by atoms with Crippen LogP contribution < -0.4 is 9.46 Å². The van der Waals surface area contributed by atoms with Crippen molar-refractivity contribution in [1.29, 1.82) is 0 Å². The van der Waals surface area contributed by atoms with Gasteiger partial charge >= 0.3 is 5.97 Å². The molecule has 0 radical (unpaired) electrons. The lowest BCUT2D eigenvalue weighted by Crippen LogP contribution is -2.17. The molecule has 0 saturated carbocycles. The second-order valence-corrected chi connectivity index (χ2v) is 7.16. The van der Waals surface area contributed by atoms with E-state index in [4.69, 9.17) is 4.74 Å². The van der Waals surface area contributed by atoms with Crippen molar-refractivity contribution in [1.82, 2.24) is 0 Å². The maximum absolute atomic E-state index is 12.9. The lowest BCUT2D eigenvalue weighted by molar-refractivity contribution is 0.0596. The second-order valence-electron chi connectivity index (χ2n) is 5.50. The minimum Gasteiger partial charge on any atom is -0.465 e. The molecule has 3 aromatic rings. The van der Waals surface area contributed by atoms with E-state index in [0.717, 1.165) is 0 Å². The number of methoxy groups -OCH3 is 1. The molecule has 6 nitrogen and oxygen atoms in total. The van der Waals surface area contributed by atoms with Crippen molar-refractivity contribution in [2.45, 2.75) is 4.90 Å². The van der Waals surface area contributed by atoms with Gasteiger partial charge < -0.3 is 9.47 Å². The molecule has 0 aliphatic heterocycles. The second kappa shape index (κ2) is 7.92. The molecule has 0 saturated heterocycles. The largest absolute Gasteiger partial charge is 0.465 e. The van der Waals surface area contributed by atoms with Crippen molar-refractivity contribution < 1.29 is 22.7 Å². The first kappa shape index (κ1) is 18.5. The lowest BCUT2D eigenvalue weighted by atomic mass is 10.2. The average Bonchev–Trinajstić information content (AvgIpc) is 2.69. The highest BCUT2D eigenvalue weighted by Gasteiger charge is 2.23. The van der Waals surface area contributed by atoms with Gasteiger partial charge in [0, 0.05) is 0 Å². The van der Waals surface area contributed by atoms with Crippen LogP contribution >= 0.6 is 0 Å². The number of nitrogens with one attached hydrogen (secondary N) is 1. The standard InChI is InChI=1S/C20H17NO5S/c1-25-20(22)16-11-5-8-14-19(16)27(23,24)21-17-12-6-7-13-18(17)26-15-9-3-2-4-10-15/h2-14,21H,1H3. The van der Waals surface area contributed by atoms with E-state index >= 15 is 0 Å². The number of ether oxygens (including phenoxy) is 2. The van der Waals surface area contributed by atoms with Crippen LogP contribution in [0, 0.1) is 0 Å². The molecule has 138 valence electrons. The van der Waals surface area contributed by atoms with Gasteiger partial charge in [-0.3, -0.25) is 4.72 Å². The fourth-order valence-electron chi connectivity index (χ4n) is 2.43. The van der Waals surface area contributed by atoms with Gasteiger partial charge in [-0.1, -0.05) is 42.5 Å². The smallest absolute Gasteiger partial charge is 0.339 e. The Balaban J connectivity index is 1.95. The molecule has 0 bridgehead atoms. The Bertz CT molecular complexity index is 1050. The van der Waals surface area contributed by atoms with E-state index in [1.54, 1.807) is 42.5 Å². The summed E-state index contributed by atoms with van der Waals surface area (Å²) in [7, 11) is -2.85. The molecule has 27 heavy (non-hydrogen) atoms. The van der Waals surface area contributed by atoms with Crippen LogP contribution in [0.25, 0.3) is 0 Å². The monoisotopic (exact) mass is 383 g/mol. The number of sulfonamides is 1. The van der Waals surface area contributed by atoms with E-state index in [1.807, 2.05) is 18.2 Å². The zero-order valence-electron chi connectivity index (χ0n) is 14.5. The minimum absolute atomic E-state index is 0.0473. The van der Waals surface area contributed by atoms with Crippen molar-refractivity contribution in [2.24, 2.45) is 0 Å². The number of carbonyl (C=O) groups excluding carboxylic acids is 1. The van der Waals surface area contributed by atoms with E-state index in [-0.39, 0.29) is 16.1 Å². The van der Waals surface area contributed by atoms with Gasteiger partial charge in [0.25, 0.3) is 10.0 Å². The summed E-state index contributed by atoms with van der Waals surface area (Å²) in [6, 6.07) is 21.5. The molecule has 0 fully saturated rings. The van der Waals surface area contributed by atoms with E-state index < -0.39 is 16.0 Å². The maximum atomic E-state index is 12.9. The molecule has 0 atom stereocenters. The average molecular weight is 383 g/mol. The Hall–Kier alpha value is -3.32. The Labute approximate surface area is 157 Å². The maximum Gasteiger partial charge on any atom is 0.339 e. The molecule has 1 N–H and O–H groups in total. The minimum atomic E-state index is -4.04. The zero-order valence-corrected chi connectivity index (χ0v) is 15.3. The third kappa shape index (κ3) is 4.27. The first-order chi connectivity index (χ1) is 13.0. The number of anilines is 1. The number of hydrogen-bond acceptors (Lipinski definition) is 5. The summed E-state index contributed by atoms with van der Waals surface area (Å²) < 4.78 is 38.7. The molecular formula is C20H17NO5S. The first-order valence-corrected chi connectivity index (χ1v) is 9.51. The van der Waals surface area contributed by atoms with Gasteiger partial charge in [-0.15, -0.1) is 0 Å². The molecule has 0 spiro atoms. The number of esters is 1. The summed E-state index contributed by atoms with van der Waals surface area (Å²) in [4.78, 5) is 11.7. The summed E-state index contributed by atoms with van der Waals surface area (Å²) in [5.41, 5.74) is 0.204. The fourth-order valence-corrected chi connectivity index (χ4v) is 3.70. The van der Waals surface area contributed by atoms with Crippen LogP contribution in [0.2, 0.25) is 0 Å². The Kier molecular flexibility index (Phi) is 5.42. The number of rotatable bonds is 6. The zero-order chi connectivity index (χ0) is 19.3. The Morgan fingerprint density at radius 2 is 1.48 bits per heavy atom. The predicted molar refractivity (Wildman–Crippen MR) is 102 cm³/mol. The number of benzene rings is 3. The molecule has 0 heterocycles. The summed E-state index contributed by atoms with van der Waals surface area (Å²) in [6.07, 6.45) is 0. The van der Waals surface area contributed by atoms with Gasteiger partial charge in [-0.2, -0.15) is 0 Å². The van der Waals surface area contributed by atoms with Gasteiger partial charge in [0.1, 0.15) is 10.6 Å². The van der Waals surface area contributed by atoms with E-state index in [1.165, 1.54) is 25.3 Å². The van der Waals surface area contributed by atoms with E-state index in [0.29, 0.717) is 11.5 Å². The van der Waals surface area contributed by atoms with Crippen LogP contribution in [-0.2, 0) is 14.8 Å². The number of hydrogen-bond donors (Lipinski definition) is 1. The van der Waals surface area contributed by atoms with Gasteiger partial charge in [0.05, 0.1) is 18.4 Å². The molecule has 0 amide bonds. The van der Waals surface area contributed by atoms with Crippen molar-refractivity contribution >= 4 is 21.7 Å². The molecule has 7 heteroatoms. The fraction of sp³-hybridized carbons (Fsp3) is 0.0500. The van der Waals surface area contributed by atoms with Crippen molar-refractivity contribution in [2.75, 3.05) is 11.8 Å². The highest BCUT2D eigenvalue weighted by atomic mass is 32.2. The Morgan fingerprint density at radius 1 is 0.852 bits per heavy atom. The van der Waals surface area contributed by atoms with Gasteiger partial charge in [0.2, 0.25) is 0 Å². The molecule has 3 rings (SSSR count). The quantitative estimate of drug-likeness (QED) is 0.649. The Morgan fingerprint density at radius 3 is 2.22 bits per heavy atom. The first-order valence-electron chi connectivity index (χ1n) is 8.03. The lowest BCUT2D eigenvalue weighted by Gasteiger charge is -2.14. The van der Waals surface area contributed by atoms with Crippen molar-refractivity contribution in [3.05, 3.63) is 84.4 Å². The molecule has 0 aliphatic carbocycles. The number of para-hydroxylation sites is 3. The normalized spacial score (nSPS) is 10.9.